The molecule has 1 aromatic heterocycles. The van der Waals surface area contributed by atoms with Crippen LogP contribution in [-0.4, -0.2) is 17.0 Å². The topological polar surface area (TPSA) is 51.2 Å². The van der Waals surface area contributed by atoms with Crippen molar-refractivity contribution < 1.29 is 9.53 Å². The maximum atomic E-state index is 12.4. The molecule has 0 aliphatic rings. The molecule has 0 fully saturated rings. The second kappa shape index (κ2) is 7.59. The fourth-order valence-corrected chi connectivity index (χ4v) is 2.58. The number of hydrogen-bond donors (Lipinski definition) is 1. The lowest BCUT2D eigenvalue weighted by molar-refractivity contribution is -0.128. The molecule has 1 amide bonds. The van der Waals surface area contributed by atoms with Crippen LogP contribution < -0.4 is 10.1 Å². The molecule has 122 valence electrons. The monoisotopic (exact) mass is 320 g/mol. The zero-order chi connectivity index (χ0) is 16.8. The average Bonchev–Trinajstić information content (AvgIpc) is 2.65. The van der Waals surface area contributed by atoms with Crippen molar-refractivity contribution in [1.29, 1.82) is 0 Å². The van der Waals surface area contributed by atoms with Crippen LogP contribution in [0.25, 0.3) is 10.8 Å². The summed E-state index contributed by atoms with van der Waals surface area (Å²) in [6, 6.07) is 17.6. The van der Waals surface area contributed by atoms with Crippen LogP contribution in [0.15, 0.2) is 67.0 Å². The van der Waals surface area contributed by atoms with Gasteiger partial charge in [-0.25, -0.2) is 0 Å². The van der Waals surface area contributed by atoms with E-state index >= 15 is 0 Å². The zero-order valence-corrected chi connectivity index (χ0v) is 13.6. The van der Waals surface area contributed by atoms with Gasteiger partial charge in [-0.1, -0.05) is 43.3 Å². The van der Waals surface area contributed by atoms with Gasteiger partial charge >= 0.3 is 0 Å². The normalized spacial score (nSPS) is 11.9. The number of ether oxygens (including phenoxy) is 1. The molecule has 0 radical (unpaired) electrons. The molecule has 0 aliphatic carbocycles. The van der Waals surface area contributed by atoms with E-state index in [2.05, 4.69) is 10.3 Å². The molecule has 4 heteroatoms. The van der Waals surface area contributed by atoms with Gasteiger partial charge in [0.1, 0.15) is 5.75 Å². The largest absolute Gasteiger partial charge is 0.480 e. The fourth-order valence-electron chi connectivity index (χ4n) is 2.58. The van der Waals surface area contributed by atoms with Crippen LogP contribution in [0.1, 0.15) is 18.9 Å². The Hall–Kier alpha value is -2.88. The summed E-state index contributed by atoms with van der Waals surface area (Å²) >= 11 is 0. The molecule has 2 aromatic carbocycles. The summed E-state index contributed by atoms with van der Waals surface area (Å²) in [6.45, 7) is 2.42. The molecule has 0 bridgehead atoms. The highest BCUT2D eigenvalue weighted by molar-refractivity contribution is 5.89. The van der Waals surface area contributed by atoms with Gasteiger partial charge in [0, 0.05) is 24.3 Å². The van der Waals surface area contributed by atoms with Crippen molar-refractivity contribution in [2.24, 2.45) is 0 Å². The molecule has 4 nitrogen and oxygen atoms in total. The molecule has 0 unspecified atom stereocenters. The number of nitrogens with one attached hydrogen (secondary N) is 1. The third-order valence-electron chi connectivity index (χ3n) is 3.90. The number of pyridine rings is 1. The Morgan fingerprint density at radius 2 is 1.83 bits per heavy atom. The van der Waals surface area contributed by atoms with Gasteiger partial charge < -0.3 is 10.1 Å². The van der Waals surface area contributed by atoms with Gasteiger partial charge in [-0.3, -0.25) is 9.78 Å². The van der Waals surface area contributed by atoms with E-state index < -0.39 is 6.10 Å². The molecular weight excluding hydrogens is 300 g/mol. The predicted octanol–water partition coefficient (Wildman–Crippen LogP) is 3.71. The van der Waals surface area contributed by atoms with Gasteiger partial charge in [-0.2, -0.15) is 0 Å². The Kier molecular flexibility index (Phi) is 5.06. The zero-order valence-electron chi connectivity index (χ0n) is 13.6. The number of carbonyl (C=O) groups is 1. The van der Waals surface area contributed by atoms with E-state index in [9.17, 15) is 4.79 Å². The van der Waals surface area contributed by atoms with Gasteiger partial charge in [-0.15, -0.1) is 0 Å². The molecule has 0 saturated heterocycles. The van der Waals surface area contributed by atoms with Crippen molar-refractivity contribution in [2.75, 3.05) is 0 Å². The minimum absolute atomic E-state index is 0.109. The Bertz CT molecular complexity index is 813. The van der Waals surface area contributed by atoms with E-state index in [0.29, 0.717) is 13.0 Å². The summed E-state index contributed by atoms with van der Waals surface area (Å²) in [5.41, 5.74) is 1.01. The van der Waals surface area contributed by atoms with E-state index in [1.54, 1.807) is 12.4 Å². The first kappa shape index (κ1) is 16.0. The molecule has 0 saturated carbocycles. The summed E-state index contributed by atoms with van der Waals surface area (Å²) in [5, 5.41) is 5.04. The van der Waals surface area contributed by atoms with Crippen LogP contribution in [0.4, 0.5) is 0 Å². The maximum Gasteiger partial charge on any atom is 0.261 e. The van der Waals surface area contributed by atoms with Crippen molar-refractivity contribution in [3.05, 3.63) is 72.6 Å². The van der Waals surface area contributed by atoms with Crippen LogP contribution in [0.2, 0.25) is 0 Å². The minimum atomic E-state index is -0.516. The quantitative estimate of drug-likeness (QED) is 0.753. The van der Waals surface area contributed by atoms with Crippen LogP contribution in [0.3, 0.4) is 0 Å². The van der Waals surface area contributed by atoms with Gasteiger partial charge in [0.2, 0.25) is 0 Å². The van der Waals surface area contributed by atoms with Gasteiger partial charge in [0.25, 0.3) is 5.91 Å². The minimum Gasteiger partial charge on any atom is -0.480 e. The highest BCUT2D eigenvalue weighted by Gasteiger charge is 2.18. The first-order valence-corrected chi connectivity index (χ1v) is 8.09. The molecule has 0 aliphatic heterocycles. The smallest absolute Gasteiger partial charge is 0.261 e. The molecule has 3 rings (SSSR count). The lowest BCUT2D eigenvalue weighted by Gasteiger charge is -2.18. The molecule has 24 heavy (non-hydrogen) atoms. The molecule has 0 spiro atoms. The van der Waals surface area contributed by atoms with E-state index in [0.717, 1.165) is 22.1 Å². The summed E-state index contributed by atoms with van der Waals surface area (Å²) in [7, 11) is 0. The Balaban J connectivity index is 1.70. The van der Waals surface area contributed by atoms with E-state index in [1.165, 1.54) is 0 Å². The summed E-state index contributed by atoms with van der Waals surface area (Å²) in [4.78, 5) is 16.4. The molecule has 1 N–H and O–H groups in total. The number of rotatable bonds is 6. The van der Waals surface area contributed by atoms with E-state index in [4.69, 9.17) is 4.74 Å². The first-order chi connectivity index (χ1) is 11.8. The number of hydrogen-bond acceptors (Lipinski definition) is 3. The molecule has 1 heterocycles. The summed E-state index contributed by atoms with van der Waals surface area (Å²) in [5.74, 6) is 0.626. The Morgan fingerprint density at radius 3 is 2.62 bits per heavy atom. The van der Waals surface area contributed by atoms with Crippen molar-refractivity contribution >= 4 is 16.7 Å². The maximum absolute atomic E-state index is 12.4. The summed E-state index contributed by atoms with van der Waals surface area (Å²) < 4.78 is 6.00. The van der Waals surface area contributed by atoms with Crippen LogP contribution >= 0.6 is 0 Å². The molecule has 3 aromatic rings. The average molecular weight is 320 g/mol. The predicted molar refractivity (Wildman–Crippen MR) is 94.7 cm³/mol. The van der Waals surface area contributed by atoms with Gasteiger partial charge in [-0.05, 0) is 35.6 Å². The Morgan fingerprint density at radius 1 is 1.08 bits per heavy atom. The van der Waals surface area contributed by atoms with Crippen molar-refractivity contribution in [3.8, 4) is 5.75 Å². The highest BCUT2D eigenvalue weighted by atomic mass is 16.5. The lowest BCUT2D eigenvalue weighted by Crippen LogP contribution is -2.37. The SMILES string of the molecule is CC[C@@H](Oc1cccc2ccccc12)C(=O)NCc1ccncc1. The first-order valence-electron chi connectivity index (χ1n) is 8.09. The van der Waals surface area contributed by atoms with Crippen LogP contribution in [-0.2, 0) is 11.3 Å². The second-order valence-electron chi connectivity index (χ2n) is 5.57. The van der Waals surface area contributed by atoms with Crippen molar-refractivity contribution in [1.82, 2.24) is 10.3 Å². The van der Waals surface area contributed by atoms with Crippen LogP contribution in [0.5, 0.6) is 5.75 Å². The number of benzene rings is 2. The highest BCUT2D eigenvalue weighted by Crippen LogP contribution is 2.26. The number of aromatic nitrogens is 1. The molecular formula is C20H20N2O2. The number of fused-ring (bicyclic) bond motifs is 1. The Labute approximate surface area is 141 Å². The standard InChI is InChI=1S/C20H20N2O2/c1-2-18(20(23)22-14-15-10-12-21-13-11-15)24-19-9-5-7-16-6-3-4-8-17(16)19/h3-13,18H,2,14H2,1H3,(H,22,23)/t18-/m1/s1. The molecule has 1 atom stereocenters. The third-order valence-corrected chi connectivity index (χ3v) is 3.90. The van der Waals surface area contributed by atoms with Gasteiger partial charge in [0.05, 0.1) is 0 Å². The number of carbonyl (C=O) groups excluding carboxylic acids is 1. The van der Waals surface area contributed by atoms with E-state index in [1.807, 2.05) is 61.5 Å². The van der Waals surface area contributed by atoms with Gasteiger partial charge in [0.15, 0.2) is 6.10 Å². The lowest BCUT2D eigenvalue weighted by atomic mass is 10.1. The second-order valence-corrected chi connectivity index (χ2v) is 5.57. The van der Waals surface area contributed by atoms with Crippen molar-refractivity contribution in [3.63, 3.8) is 0 Å². The fraction of sp³-hybridized carbons (Fsp3) is 0.200. The number of amides is 1. The van der Waals surface area contributed by atoms with Crippen LogP contribution in [0, 0.1) is 0 Å². The number of nitrogens with zero attached hydrogens (tertiary/aromatic N) is 1. The summed E-state index contributed by atoms with van der Waals surface area (Å²) in [6.07, 6.45) is 3.51. The van der Waals surface area contributed by atoms with Crippen molar-refractivity contribution in [2.45, 2.75) is 26.0 Å². The third kappa shape index (κ3) is 3.71. The van der Waals surface area contributed by atoms with E-state index in [-0.39, 0.29) is 5.91 Å².